The molecule has 0 bridgehead atoms. The number of anilines is 1. The van der Waals surface area contributed by atoms with E-state index in [1.165, 1.54) is 23.1 Å². The van der Waals surface area contributed by atoms with Crippen molar-refractivity contribution < 1.29 is 34.1 Å². The maximum Gasteiger partial charge on any atom is 0.338 e. The summed E-state index contributed by atoms with van der Waals surface area (Å²) >= 11 is 0. The normalized spacial score (nSPS) is 16.0. The maximum atomic E-state index is 13.5. The van der Waals surface area contributed by atoms with Crippen LogP contribution < -0.4 is 9.64 Å². The van der Waals surface area contributed by atoms with Gasteiger partial charge in [-0.25, -0.2) is 4.79 Å². The quantitative estimate of drug-likeness (QED) is 0.116. The molecule has 5 rings (SSSR count). The number of hydrogen-bond acceptors (Lipinski definition) is 7. The van der Waals surface area contributed by atoms with Gasteiger partial charge in [0, 0.05) is 11.3 Å². The molecule has 1 atom stereocenters. The summed E-state index contributed by atoms with van der Waals surface area (Å²) in [5.41, 5.74) is 2.92. The molecule has 1 heterocycles. The van der Waals surface area contributed by atoms with Gasteiger partial charge >= 0.3 is 5.97 Å². The Morgan fingerprint density at radius 3 is 2.31 bits per heavy atom. The molecule has 42 heavy (non-hydrogen) atoms. The summed E-state index contributed by atoms with van der Waals surface area (Å²) in [7, 11) is 0. The highest BCUT2D eigenvalue weighted by molar-refractivity contribution is 6.51. The van der Waals surface area contributed by atoms with Gasteiger partial charge in [-0.3, -0.25) is 14.5 Å². The number of hydrogen-bond donors (Lipinski definition) is 2. The van der Waals surface area contributed by atoms with Crippen molar-refractivity contribution in [2.45, 2.75) is 26.5 Å². The number of ketones is 1. The lowest BCUT2D eigenvalue weighted by molar-refractivity contribution is -0.132. The molecular weight excluding hydrogens is 534 g/mol. The van der Waals surface area contributed by atoms with E-state index in [0.29, 0.717) is 23.5 Å². The smallest absolute Gasteiger partial charge is 0.338 e. The third-order valence-corrected chi connectivity index (χ3v) is 6.97. The van der Waals surface area contributed by atoms with Gasteiger partial charge in [-0.1, -0.05) is 48.5 Å². The number of ether oxygens (including phenoxy) is 2. The molecule has 0 spiro atoms. The molecule has 4 aromatic carbocycles. The third-order valence-electron chi connectivity index (χ3n) is 6.97. The van der Waals surface area contributed by atoms with Crippen molar-refractivity contribution in [1.82, 2.24) is 0 Å². The number of carbonyl (C=O) groups excluding carboxylic acids is 3. The van der Waals surface area contributed by atoms with Crippen LogP contribution in [-0.4, -0.2) is 34.5 Å². The Hall–Kier alpha value is -5.37. The summed E-state index contributed by atoms with van der Waals surface area (Å²) in [6.45, 7) is 4.06. The number of esters is 1. The van der Waals surface area contributed by atoms with Crippen LogP contribution in [0, 0.1) is 6.92 Å². The average Bonchev–Trinajstić information content (AvgIpc) is 3.27. The molecule has 1 aliphatic heterocycles. The number of rotatable bonds is 8. The van der Waals surface area contributed by atoms with Gasteiger partial charge in [0.05, 0.1) is 23.8 Å². The van der Waals surface area contributed by atoms with Crippen LogP contribution in [-0.2, 0) is 20.9 Å². The van der Waals surface area contributed by atoms with Gasteiger partial charge in [0.1, 0.15) is 23.9 Å². The predicted molar refractivity (Wildman–Crippen MR) is 157 cm³/mol. The van der Waals surface area contributed by atoms with E-state index in [2.05, 4.69) is 0 Å². The number of phenolic OH excluding ortho intramolecular Hbond substituents is 1. The van der Waals surface area contributed by atoms with Gasteiger partial charge < -0.3 is 19.7 Å². The Morgan fingerprint density at radius 1 is 0.881 bits per heavy atom. The van der Waals surface area contributed by atoms with Crippen LogP contribution in [0.3, 0.4) is 0 Å². The zero-order valence-corrected chi connectivity index (χ0v) is 23.1. The summed E-state index contributed by atoms with van der Waals surface area (Å²) in [4.78, 5) is 40.7. The fourth-order valence-electron chi connectivity index (χ4n) is 4.92. The number of aromatic hydroxyl groups is 1. The van der Waals surface area contributed by atoms with Gasteiger partial charge in [-0.2, -0.15) is 0 Å². The molecule has 0 aromatic heterocycles. The average molecular weight is 564 g/mol. The molecule has 1 unspecified atom stereocenters. The Kier molecular flexibility index (Phi) is 8.06. The van der Waals surface area contributed by atoms with E-state index in [9.17, 15) is 24.6 Å². The molecule has 4 aromatic rings. The van der Waals surface area contributed by atoms with E-state index in [0.717, 1.165) is 11.1 Å². The zero-order chi connectivity index (χ0) is 29.8. The molecule has 0 aliphatic carbocycles. The van der Waals surface area contributed by atoms with Crippen molar-refractivity contribution in [2.75, 3.05) is 11.5 Å². The Bertz CT molecular complexity index is 1680. The largest absolute Gasteiger partial charge is 0.508 e. The van der Waals surface area contributed by atoms with Crippen molar-refractivity contribution >= 4 is 29.1 Å². The lowest BCUT2D eigenvalue weighted by atomic mass is 9.94. The van der Waals surface area contributed by atoms with Crippen LogP contribution in [0.5, 0.6) is 11.5 Å². The number of phenols is 1. The van der Waals surface area contributed by atoms with E-state index in [4.69, 9.17) is 9.47 Å². The third kappa shape index (κ3) is 5.60. The number of amides is 1. The van der Waals surface area contributed by atoms with E-state index in [1.807, 2.05) is 37.3 Å². The van der Waals surface area contributed by atoms with Crippen molar-refractivity contribution in [3.63, 3.8) is 0 Å². The first-order valence-corrected chi connectivity index (χ1v) is 13.4. The predicted octanol–water partition coefficient (Wildman–Crippen LogP) is 6.08. The second kappa shape index (κ2) is 12.0. The number of carbonyl (C=O) groups is 3. The van der Waals surface area contributed by atoms with E-state index in [-0.39, 0.29) is 34.9 Å². The van der Waals surface area contributed by atoms with Crippen LogP contribution >= 0.6 is 0 Å². The van der Waals surface area contributed by atoms with Gasteiger partial charge in [0.2, 0.25) is 0 Å². The molecule has 1 aliphatic rings. The minimum Gasteiger partial charge on any atom is -0.508 e. The zero-order valence-electron chi connectivity index (χ0n) is 23.1. The first-order chi connectivity index (χ1) is 20.3. The lowest BCUT2D eigenvalue weighted by Gasteiger charge is -2.26. The number of aliphatic hydroxyl groups excluding tert-OH is 1. The van der Waals surface area contributed by atoms with E-state index >= 15 is 0 Å². The van der Waals surface area contributed by atoms with Crippen LogP contribution in [0.2, 0.25) is 0 Å². The molecular formula is C34H29NO7. The SMILES string of the molecule is CCOC(=O)c1cccc(N2C(=O)C(=O)/C(=C(/O)c3ccc(OCc4ccccc4)c(C)c3)C2c2ccc(O)cc2)c1. The Labute approximate surface area is 243 Å². The van der Waals surface area contributed by atoms with Gasteiger partial charge in [-0.05, 0) is 79.1 Å². The first kappa shape index (κ1) is 28.2. The molecule has 1 fully saturated rings. The molecule has 0 saturated carbocycles. The number of Topliss-reactive ketones (excluding diaryl/α,β-unsaturated/α-hetero) is 1. The second-order valence-corrected chi connectivity index (χ2v) is 9.79. The van der Waals surface area contributed by atoms with E-state index in [1.54, 1.807) is 55.5 Å². The number of aliphatic hydroxyl groups is 1. The standard InChI is InChI=1S/C34H29NO7/c1-3-41-34(40)25-10-7-11-26(19-25)35-30(23-12-15-27(36)16-13-23)29(32(38)33(35)39)31(37)24-14-17-28(21(2)18-24)42-20-22-8-5-4-6-9-22/h4-19,30,36-37H,3,20H2,1-2H3/b31-29+. The van der Waals surface area contributed by atoms with E-state index < -0.39 is 23.7 Å². The fraction of sp³-hybridized carbons (Fsp3) is 0.147. The Balaban J connectivity index is 1.56. The monoisotopic (exact) mass is 563 g/mol. The molecule has 2 N–H and O–H groups in total. The maximum absolute atomic E-state index is 13.5. The summed E-state index contributed by atoms with van der Waals surface area (Å²) in [5, 5.41) is 21.4. The van der Waals surface area contributed by atoms with Crippen LogP contribution in [0.4, 0.5) is 5.69 Å². The van der Waals surface area contributed by atoms with Crippen LogP contribution in [0.15, 0.2) is 103 Å². The van der Waals surface area contributed by atoms with Crippen molar-refractivity contribution in [3.8, 4) is 11.5 Å². The second-order valence-electron chi connectivity index (χ2n) is 9.79. The minimum absolute atomic E-state index is 0.00160. The molecule has 1 saturated heterocycles. The summed E-state index contributed by atoms with van der Waals surface area (Å²) in [6, 6.07) is 26.0. The molecule has 0 radical (unpaired) electrons. The molecule has 8 nitrogen and oxygen atoms in total. The van der Waals surface area contributed by atoms with Crippen molar-refractivity contribution in [3.05, 3.63) is 130 Å². The van der Waals surface area contributed by atoms with Gasteiger partial charge in [0.15, 0.2) is 0 Å². The van der Waals surface area contributed by atoms with Crippen molar-refractivity contribution in [1.29, 1.82) is 0 Å². The summed E-state index contributed by atoms with van der Waals surface area (Å²) in [5.74, 6) is -2.05. The minimum atomic E-state index is -1.03. The molecule has 8 heteroatoms. The first-order valence-electron chi connectivity index (χ1n) is 13.4. The molecule has 212 valence electrons. The van der Waals surface area contributed by atoms with Crippen molar-refractivity contribution in [2.24, 2.45) is 0 Å². The lowest BCUT2D eigenvalue weighted by Crippen LogP contribution is -2.29. The van der Waals surface area contributed by atoms with Crippen LogP contribution in [0.25, 0.3) is 5.76 Å². The van der Waals surface area contributed by atoms with Gasteiger partial charge in [-0.15, -0.1) is 0 Å². The number of nitrogens with zero attached hydrogens (tertiary/aromatic N) is 1. The van der Waals surface area contributed by atoms with Gasteiger partial charge in [0.25, 0.3) is 11.7 Å². The highest BCUT2D eigenvalue weighted by Crippen LogP contribution is 2.43. The Morgan fingerprint density at radius 2 is 1.62 bits per heavy atom. The summed E-state index contributed by atoms with van der Waals surface area (Å²) < 4.78 is 11.1. The topological polar surface area (TPSA) is 113 Å². The molecule has 1 amide bonds. The highest BCUT2D eigenvalue weighted by Gasteiger charge is 2.47. The highest BCUT2D eigenvalue weighted by atomic mass is 16.5. The fourth-order valence-corrected chi connectivity index (χ4v) is 4.92. The number of aryl methyl sites for hydroxylation is 1. The summed E-state index contributed by atoms with van der Waals surface area (Å²) in [6.07, 6.45) is 0. The van der Waals surface area contributed by atoms with Crippen LogP contribution in [0.1, 0.15) is 45.6 Å². The number of benzene rings is 4.